The molecule has 2 rings (SSSR count). The van der Waals surface area contributed by atoms with E-state index >= 15 is 0 Å². The predicted octanol–water partition coefficient (Wildman–Crippen LogP) is 1.63. The number of nitrogens with two attached hydrogens (primary N) is 1. The van der Waals surface area contributed by atoms with Crippen LogP contribution in [0, 0.1) is 5.82 Å². The van der Waals surface area contributed by atoms with Gasteiger partial charge in [-0.25, -0.2) is 14.1 Å². The molecule has 20 heavy (non-hydrogen) atoms. The molecule has 0 amide bonds. The summed E-state index contributed by atoms with van der Waals surface area (Å²) in [5.74, 6) is 0.717. The van der Waals surface area contributed by atoms with Crippen molar-refractivity contribution in [3.63, 3.8) is 0 Å². The van der Waals surface area contributed by atoms with Crippen molar-refractivity contribution >= 4 is 5.84 Å². The molecule has 0 fully saturated rings. The Bertz CT molecular complexity index is 650. The van der Waals surface area contributed by atoms with Crippen molar-refractivity contribution in [2.45, 2.75) is 26.7 Å². The highest BCUT2D eigenvalue weighted by Crippen LogP contribution is 2.17. The summed E-state index contributed by atoms with van der Waals surface area (Å²) < 4.78 is 15.7. The number of hydrogen-bond acceptors (Lipinski definition) is 4. The van der Waals surface area contributed by atoms with Gasteiger partial charge in [0.1, 0.15) is 17.3 Å². The fourth-order valence-electron chi connectivity index (χ4n) is 1.86. The smallest absolute Gasteiger partial charge is 0.170 e. The van der Waals surface area contributed by atoms with Crippen molar-refractivity contribution in [2.24, 2.45) is 10.9 Å². The fraction of sp³-hybridized carbons (Fsp3) is 0.308. The van der Waals surface area contributed by atoms with E-state index in [1.54, 1.807) is 6.07 Å². The summed E-state index contributed by atoms with van der Waals surface area (Å²) >= 11 is 0. The van der Waals surface area contributed by atoms with Gasteiger partial charge in [0.15, 0.2) is 11.7 Å². The van der Waals surface area contributed by atoms with E-state index in [0.29, 0.717) is 35.7 Å². The Kier molecular flexibility index (Phi) is 3.97. The van der Waals surface area contributed by atoms with E-state index < -0.39 is 5.82 Å². The maximum Gasteiger partial charge on any atom is 0.170 e. The summed E-state index contributed by atoms with van der Waals surface area (Å²) in [4.78, 5) is 4.34. The molecule has 0 aliphatic rings. The number of aryl methyl sites for hydroxylation is 2. The first-order chi connectivity index (χ1) is 9.60. The van der Waals surface area contributed by atoms with Crippen LogP contribution in [0.5, 0.6) is 0 Å². The normalized spacial score (nSPS) is 11.8. The molecule has 106 valence electrons. The highest BCUT2D eigenvalue weighted by molar-refractivity contribution is 5.97. The Morgan fingerprint density at radius 1 is 1.40 bits per heavy atom. The van der Waals surface area contributed by atoms with Crippen molar-refractivity contribution < 1.29 is 9.60 Å². The van der Waals surface area contributed by atoms with Crippen LogP contribution in [-0.2, 0) is 12.8 Å². The van der Waals surface area contributed by atoms with Crippen molar-refractivity contribution in [3.8, 4) is 5.69 Å². The van der Waals surface area contributed by atoms with Crippen LogP contribution in [0.4, 0.5) is 4.39 Å². The number of halogens is 1. The lowest BCUT2D eigenvalue weighted by Gasteiger charge is -2.07. The molecule has 0 unspecified atom stereocenters. The molecule has 0 atom stereocenters. The molecular weight excluding hydrogens is 261 g/mol. The Balaban J connectivity index is 2.51. The van der Waals surface area contributed by atoms with Gasteiger partial charge in [-0.2, -0.15) is 5.10 Å². The monoisotopic (exact) mass is 277 g/mol. The Morgan fingerprint density at radius 2 is 2.15 bits per heavy atom. The molecule has 3 N–H and O–H groups in total. The molecule has 2 aromatic rings. The number of amidine groups is 1. The lowest BCUT2D eigenvalue weighted by atomic mass is 10.2. The second-order valence-corrected chi connectivity index (χ2v) is 4.21. The van der Waals surface area contributed by atoms with Gasteiger partial charge in [-0.3, -0.25) is 0 Å². The molecule has 1 aromatic heterocycles. The molecular formula is C13H16FN5O. The van der Waals surface area contributed by atoms with Crippen molar-refractivity contribution in [2.75, 3.05) is 0 Å². The molecule has 6 nitrogen and oxygen atoms in total. The summed E-state index contributed by atoms with van der Waals surface area (Å²) in [6.45, 7) is 3.87. The fourth-order valence-corrected chi connectivity index (χ4v) is 1.86. The van der Waals surface area contributed by atoms with Gasteiger partial charge >= 0.3 is 0 Å². The van der Waals surface area contributed by atoms with Gasteiger partial charge in [0, 0.05) is 18.4 Å². The summed E-state index contributed by atoms with van der Waals surface area (Å²) in [6, 6.07) is 4.31. The maximum atomic E-state index is 14.2. The van der Waals surface area contributed by atoms with E-state index in [9.17, 15) is 4.39 Å². The number of oxime groups is 1. The molecule has 0 saturated carbocycles. The lowest BCUT2D eigenvalue weighted by molar-refractivity contribution is 0.318. The third-order valence-corrected chi connectivity index (χ3v) is 2.93. The van der Waals surface area contributed by atoms with Crippen molar-refractivity contribution in [3.05, 3.63) is 41.2 Å². The highest BCUT2D eigenvalue weighted by atomic mass is 19.1. The standard InChI is InChI=1S/C13H16FN5O/c1-3-11-16-12(4-2)19(17-11)10-6-5-8(7-9(10)14)13(15)18-20/h5-7,20H,3-4H2,1-2H3,(H2,15,18). The zero-order valence-corrected chi connectivity index (χ0v) is 11.3. The molecule has 0 bridgehead atoms. The first-order valence-corrected chi connectivity index (χ1v) is 6.33. The van der Waals surface area contributed by atoms with Crippen LogP contribution in [0.1, 0.15) is 31.1 Å². The van der Waals surface area contributed by atoms with E-state index in [-0.39, 0.29) is 5.84 Å². The second-order valence-electron chi connectivity index (χ2n) is 4.21. The summed E-state index contributed by atoms with van der Waals surface area (Å²) in [5, 5.41) is 15.7. The minimum Gasteiger partial charge on any atom is -0.409 e. The third-order valence-electron chi connectivity index (χ3n) is 2.93. The van der Waals surface area contributed by atoms with Crippen molar-refractivity contribution in [1.29, 1.82) is 0 Å². The van der Waals surface area contributed by atoms with Gasteiger partial charge in [-0.05, 0) is 18.2 Å². The van der Waals surface area contributed by atoms with Crippen molar-refractivity contribution in [1.82, 2.24) is 14.8 Å². The average Bonchev–Trinajstić information content (AvgIpc) is 2.89. The minimum atomic E-state index is -0.503. The van der Waals surface area contributed by atoms with E-state index in [2.05, 4.69) is 15.2 Å². The van der Waals surface area contributed by atoms with Gasteiger partial charge in [-0.1, -0.05) is 19.0 Å². The zero-order chi connectivity index (χ0) is 14.7. The number of rotatable bonds is 4. The largest absolute Gasteiger partial charge is 0.409 e. The van der Waals surface area contributed by atoms with Gasteiger partial charge < -0.3 is 10.9 Å². The molecule has 7 heteroatoms. The van der Waals surface area contributed by atoms with Gasteiger partial charge in [0.2, 0.25) is 0 Å². The number of benzene rings is 1. The minimum absolute atomic E-state index is 0.140. The molecule has 0 aliphatic carbocycles. The van der Waals surface area contributed by atoms with Crippen LogP contribution >= 0.6 is 0 Å². The van der Waals surface area contributed by atoms with E-state index in [1.807, 2.05) is 13.8 Å². The zero-order valence-electron chi connectivity index (χ0n) is 11.3. The molecule has 0 saturated heterocycles. The van der Waals surface area contributed by atoms with Crippen LogP contribution in [-0.4, -0.2) is 25.8 Å². The molecule has 0 radical (unpaired) electrons. The Hall–Kier alpha value is -2.44. The van der Waals surface area contributed by atoms with E-state index in [4.69, 9.17) is 10.9 Å². The molecule has 0 spiro atoms. The summed E-state index contributed by atoms with van der Waals surface area (Å²) in [7, 11) is 0. The Labute approximate surface area is 115 Å². The first-order valence-electron chi connectivity index (χ1n) is 6.33. The SMILES string of the molecule is CCc1nc(CC)n(-c2ccc(C(N)=NO)cc2F)n1. The first kappa shape index (κ1) is 14.0. The number of aromatic nitrogens is 3. The van der Waals surface area contributed by atoms with E-state index in [0.717, 1.165) is 0 Å². The van der Waals surface area contributed by atoms with Gasteiger partial charge in [0.25, 0.3) is 0 Å². The van der Waals surface area contributed by atoms with Crippen LogP contribution in [0.2, 0.25) is 0 Å². The summed E-state index contributed by atoms with van der Waals surface area (Å²) in [6.07, 6.45) is 1.33. The maximum absolute atomic E-state index is 14.2. The lowest BCUT2D eigenvalue weighted by Crippen LogP contribution is -2.14. The second kappa shape index (κ2) is 5.68. The highest BCUT2D eigenvalue weighted by Gasteiger charge is 2.14. The Morgan fingerprint density at radius 3 is 2.70 bits per heavy atom. The third kappa shape index (κ3) is 2.47. The van der Waals surface area contributed by atoms with Gasteiger partial charge in [-0.15, -0.1) is 0 Å². The van der Waals surface area contributed by atoms with Gasteiger partial charge in [0.05, 0.1) is 0 Å². The summed E-state index contributed by atoms with van der Waals surface area (Å²) in [5.41, 5.74) is 6.04. The topological polar surface area (TPSA) is 89.3 Å². The quantitative estimate of drug-likeness (QED) is 0.384. The van der Waals surface area contributed by atoms with Crippen LogP contribution in [0.25, 0.3) is 5.69 Å². The molecule has 1 heterocycles. The van der Waals surface area contributed by atoms with E-state index in [1.165, 1.54) is 16.8 Å². The van der Waals surface area contributed by atoms with Crippen LogP contribution < -0.4 is 5.73 Å². The van der Waals surface area contributed by atoms with Crippen LogP contribution in [0.15, 0.2) is 23.4 Å². The number of hydrogen-bond donors (Lipinski definition) is 2. The average molecular weight is 277 g/mol. The predicted molar refractivity (Wildman–Crippen MR) is 72.6 cm³/mol. The van der Waals surface area contributed by atoms with Crippen LogP contribution in [0.3, 0.4) is 0 Å². The molecule has 0 aliphatic heterocycles. The number of nitrogens with zero attached hydrogens (tertiary/aromatic N) is 4. The molecule has 1 aromatic carbocycles.